The van der Waals surface area contributed by atoms with Crippen molar-refractivity contribution < 1.29 is 0 Å². The zero-order valence-corrected chi connectivity index (χ0v) is 14.7. The number of nitrogens with zero attached hydrogens (tertiary/aromatic N) is 1. The Balaban J connectivity index is 1.77. The molecule has 0 heterocycles. The highest BCUT2D eigenvalue weighted by molar-refractivity contribution is 5.74. The van der Waals surface area contributed by atoms with Gasteiger partial charge >= 0.3 is 0 Å². The predicted octanol–water partition coefficient (Wildman–Crippen LogP) is 6.62. The number of hydrogen-bond donors (Lipinski definition) is 0. The van der Waals surface area contributed by atoms with Gasteiger partial charge in [-0.25, -0.2) is 0 Å². The van der Waals surface area contributed by atoms with Gasteiger partial charge in [-0.15, -0.1) is 0 Å². The molecular formula is C24H23N. The molecule has 0 aliphatic heterocycles. The molecule has 0 aliphatic carbocycles. The summed E-state index contributed by atoms with van der Waals surface area (Å²) in [5.74, 6) is 0. The lowest BCUT2D eigenvalue weighted by molar-refractivity contribution is 0.717. The maximum atomic E-state index is 9.27. The molecule has 0 atom stereocenters. The zero-order valence-electron chi connectivity index (χ0n) is 14.7. The van der Waals surface area contributed by atoms with Crippen LogP contribution in [-0.2, 0) is 6.42 Å². The van der Waals surface area contributed by atoms with Gasteiger partial charge in [0.2, 0.25) is 0 Å². The molecule has 3 rings (SSSR count). The fourth-order valence-electron chi connectivity index (χ4n) is 3.12. The van der Waals surface area contributed by atoms with Crippen molar-refractivity contribution in [1.29, 1.82) is 5.26 Å². The molecule has 3 aromatic rings. The lowest BCUT2D eigenvalue weighted by atomic mass is 9.96. The molecule has 0 amide bonds. The van der Waals surface area contributed by atoms with Crippen molar-refractivity contribution in [2.24, 2.45) is 0 Å². The average molecular weight is 325 g/mol. The quantitative estimate of drug-likeness (QED) is 0.467. The van der Waals surface area contributed by atoms with Gasteiger partial charge < -0.3 is 0 Å². The van der Waals surface area contributed by atoms with Crippen LogP contribution < -0.4 is 0 Å². The predicted molar refractivity (Wildman–Crippen MR) is 105 cm³/mol. The maximum absolute atomic E-state index is 9.27. The number of unbranched alkanes of at least 4 members (excludes halogenated alkanes) is 2. The molecule has 0 bridgehead atoms. The lowest BCUT2D eigenvalue weighted by Gasteiger charge is -2.07. The number of hydrogen-bond acceptors (Lipinski definition) is 1. The first-order valence-corrected chi connectivity index (χ1v) is 9.00. The molecule has 1 heteroatoms. The molecule has 0 radical (unpaired) electrons. The van der Waals surface area contributed by atoms with E-state index in [1.807, 2.05) is 24.3 Å². The number of nitriles is 1. The summed E-state index contributed by atoms with van der Waals surface area (Å²) in [4.78, 5) is 0. The van der Waals surface area contributed by atoms with Gasteiger partial charge in [0.15, 0.2) is 0 Å². The number of rotatable bonds is 6. The Labute approximate surface area is 150 Å². The molecule has 0 aliphatic rings. The second-order valence-corrected chi connectivity index (χ2v) is 6.39. The van der Waals surface area contributed by atoms with Crippen LogP contribution in [0.5, 0.6) is 0 Å². The van der Waals surface area contributed by atoms with Gasteiger partial charge in [-0.1, -0.05) is 86.5 Å². The molecule has 0 spiro atoms. The molecule has 3 aromatic carbocycles. The van der Waals surface area contributed by atoms with Gasteiger partial charge in [0.1, 0.15) is 0 Å². The SMILES string of the molecule is CCCCCc1ccc(-c2ccc(-c3ccccc3C#N)cc2)cc1. The monoisotopic (exact) mass is 325 g/mol. The number of aryl methyl sites for hydroxylation is 1. The van der Waals surface area contributed by atoms with Crippen LogP contribution in [0.15, 0.2) is 72.8 Å². The van der Waals surface area contributed by atoms with Crippen LogP contribution in [-0.4, -0.2) is 0 Å². The molecule has 0 saturated heterocycles. The summed E-state index contributed by atoms with van der Waals surface area (Å²) >= 11 is 0. The van der Waals surface area contributed by atoms with E-state index in [0.29, 0.717) is 5.56 Å². The fraction of sp³-hybridized carbons (Fsp3) is 0.208. The van der Waals surface area contributed by atoms with E-state index in [0.717, 1.165) is 17.5 Å². The molecule has 0 fully saturated rings. The van der Waals surface area contributed by atoms with E-state index in [1.54, 1.807) is 0 Å². The Morgan fingerprint density at radius 3 is 1.96 bits per heavy atom. The molecule has 124 valence electrons. The minimum absolute atomic E-state index is 0.715. The number of benzene rings is 3. The minimum atomic E-state index is 0.715. The van der Waals surface area contributed by atoms with Gasteiger partial charge in [0.25, 0.3) is 0 Å². The summed E-state index contributed by atoms with van der Waals surface area (Å²) < 4.78 is 0. The molecule has 0 saturated carbocycles. The van der Waals surface area contributed by atoms with Gasteiger partial charge in [0.05, 0.1) is 11.6 Å². The summed E-state index contributed by atoms with van der Waals surface area (Å²) in [6, 6.07) is 27.4. The minimum Gasteiger partial charge on any atom is -0.192 e. The first kappa shape index (κ1) is 17.0. The summed E-state index contributed by atoms with van der Waals surface area (Å²) in [7, 11) is 0. The highest BCUT2D eigenvalue weighted by Gasteiger charge is 2.05. The van der Waals surface area contributed by atoms with Crippen molar-refractivity contribution in [3.63, 3.8) is 0 Å². The van der Waals surface area contributed by atoms with Crippen LogP contribution in [0.1, 0.15) is 37.3 Å². The second kappa shape index (κ2) is 8.31. The smallest absolute Gasteiger partial charge is 0.0998 e. The standard InChI is InChI=1S/C24H23N/c1-2-3-4-7-19-10-12-20(13-11-19)21-14-16-22(17-15-21)24-9-6-5-8-23(24)18-25/h5-6,8-17H,2-4,7H2,1H3. The Kier molecular flexibility index (Phi) is 5.65. The van der Waals surface area contributed by atoms with Crippen molar-refractivity contribution in [2.75, 3.05) is 0 Å². The van der Waals surface area contributed by atoms with E-state index in [9.17, 15) is 5.26 Å². The molecule has 0 N–H and O–H groups in total. The lowest BCUT2D eigenvalue weighted by Crippen LogP contribution is -1.87. The van der Waals surface area contributed by atoms with E-state index in [-0.39, 0.29) is 0 Å². The topological polar surface area (TPSA) is 23.8 Å². The Bertz CT molecular complexity index is 852. The largest absolute Gasteiger partial charge is 0.192 e. The van der Waals surface area contributed by atoms with Crippen molar-refractivity contribution >= 4 is 0 Å². The molecule has 0 unspecified atom stereocenters. The molecule has 25 heavy (non-hydrogen) atoms. The Morgan fingerprint density at radius 2 is 1.32 bits per heavy atom. The van der Waals surface area contributed by atoms with Crippen LogP contribution in [0.4, 0.5) is 0 Å². The summed E-state index contributed by atoms with van der Waals surface area (Å²) in [6.07, 6.45) is 4.99. The van der Waals surface area contributed by atoms with Gasteiger partial charge in [-0.2, -0.15) is 5.26 Å². The van der Waals surface area contributed by atoms with Crippen molar-refractivity contribution in [3.8, 4) is 28.3 Å². The normalized spacial score (nSPS) is 10.4. The maximum Gasteiger partial charge on any atom is 0.0998 e. The van der Waals surface area contributed by atoms with Crippen LogP contribution in [0.2, 0.25) is 0 Å². The van der Waals surface area contributed by atoms with Gasteiger partial charge in [-0.05, 0) is 46.7 Å². The van der Waals surface area contributed by atoms with Crippen molar-refractivity contribution in [2.45, 2.75) is 32.6 Å². The van der Waals surface area contributed by atoms with Gasteiger partial charge in [0, 0.05) is 0 Å². The third-order valence-corrected chi connectivity index (χ3v) is 4.60. The first-order valence-electron chi connectivity index (χ1n) is 9.00. The van der Waals surface area contributed by atoms with E-state index < -0.39 is 0 Å². The highest BCUT2D eigenvalue weighted by atomic mass is 14.2. The van der Waals surface area contributed by atoms with E-state index in [1.165, 1.54) is 36.0 Å². The van der Waals surface area contributed by atoms with Crippen LogP contribution in [0, 0.1) is 11.3 Å². The Hall–Kier alpha value is -2.85. The van der Waals surface area contributed by atoms with E-state index >= 15 is 0 Å². The molecule has 0 aromatic heterocycles. The van der Waals surface area contributed by atoms with Crippen molar-refractivity contribution in [1.82, 2.24) is 0 Å². The Morgan fingerprint density at radius 1 is 0.720 bits per heavy atom. The average Bonchev–Trinajstić information content (AvgIpc) is 2.69. The van der Waals surface area contributed by atoms with Crippen LogP contribution in [0.25, 0.3) is 22.3 Å². The summed E-state index contributed by atoms with van der Waals surface area (Å²) in [6.45, 7) is 2.24. The summed E-state index contributed by atoms with van der Waals surface area (Å²) in [5.41, 5.74) is 6.64. The highest BCUT2D eigenvalue weighted by Crippen LogP contribution is 2.27. The summed E-state index contributed by atoms with van der Waals surface area (Å²) in [5, 5.41) is 9.27. The second-order valence-electron chi connectivity index (χ2n) is 6.39. The van der Waals surface area contributed by atoms with E-state index in [4.69, 9.17) is 0 Å². The van der Waals surface area contributed by atoms with Crippen LogP contribution >= 0.6 is 0 Å². The molecular weight excluding hydrogens is 302 g/mol. The van der Waals surface area contributed by atoms with Crippen LogP contribution in [0.3, 0.4) is 0 Å². The van der Waals surface area contributed by atoms with E-state index in [2.05, 4.69) is 61.5 Å². The fourth-order valence-corrected chi connectivity index (χ4v) is 3.12. The van der Waals surface area contributed by atoms with Gasteiger partial charge in [-0.3, -0.25) is 0 Å². The third-order valence-electron chi connectivity index (χ3n) is 4.60. The zero-order chi connectivity index (χ0) is 17.5. The third kappa shape index (κ3) is 4.17. The molecule has 1 nitrogen and oxygen atoms in total. The first-order chi connectivity index (χ1) is 12.3. The van der Waals surface area contributed by atoms with Crippen molar-refractivity contribution in [3.05, 3.63) is 83.9 Å².